The number of nitrogens with one attached hydrogen (secondary N) is 1. The number of hydrogen-bond donors (Lipinski definition) is 2. The Morgan fingerprint density at radius 1 is 1.29 bits per heavy atom. The van der Waals surface area contributed by atoms with Crippen molar-refractivity contribution in [2.45, 2.75) is 64.0 Å². The van der Waals surface area contributed by atoms with Crippen molar-refractivity contribution in [3.05, 3.63) is 0 Å². The van der Waals surface area contributed by atoms with Crippen LogP contribution in [-0.2, 0) is 0 Å². The Morgan fingerprint density at radius 2 is 2.00 bits per heavy atom. The summed E-state index contributed by atoms with van der Waals surface area (Å²) < 4.78 is 0. The van der Waals surface area contributed by atoms with E-state index in [1.807, 2.05) is 0 Å². The van der Waals surface area contributed by atoms with Crippen LogP contribution in [-0.4, -0.2) is 23.8 Å². The third-order valence-electron chi connectivity index (χ3n) is 4.18. The molecule has 0 saturated heterocycles. The Labute approximate surface area is 87.1 Å². The van der Waals surface area contributed by atoms with Gasteiger partial charge in [0.25, 0.3) is 0 Å². The van der Waals surface area contributed by atoms with Gasteiger partial charge >= 0.3 is 0 Å². The van der Waals surface area contributed by atoms with Crippen molar-refractivity contribution in [2.75, 3.05) is 6.54 Å². The van der Waals surface area contributed by atoms with Gasteiger partial charge in [0.05, 0.1) is 6.10 Å². The fourth-order valence-electron chi connectivity index (χ4n) is 2.53. The van der Waals surface area contributed by atoms with Crippen molar-refractivity contribution in [3.63, 3.8) is 0 Å². The van der Waals surface area contributed by atoms with E-state index >= 15 is 0 Å². The van der Waals surface area contributed by atoms with Crippen LogP contribution in [0.25, 0.3) is 0 Å². The van der Waals surface area contributed by atoms with E-state index in [4.69, 9.17) is 0 Å². The minimum Gasteiger partial charge on any atom is -0.392 e. The van der Waals surface area contributed by atoms with Gasteiger partial charge in [0.2, 0.25) is 0 Å². The molecule has 82 valence electrons. The summed E-state index contributed by atoms with van der Waals surface area (Å²) in [7, 11) is 0. The number of rotatable bonds is 4. The quantitative estimate of drug-likeness (QED) is 0.723. The lowest BCUT2D eigenvalue weighted by atomic mass is 9.92. The van der Waals surface area contributed by atoms with E-state index in [1.165, 1.54) is 38.5 Å². The van der Waals surface area contributed by atoms with Gasteiger partial charge in [0.1, 0.15) is 0 Å². The number of aliphatic hydroxyl groups is 1. The van der Waals surface area contributed by atoms with Crippen LogP contribution in [0, 0.1) is 5.41 Å². The van der Waals surface area contributed by atoms with Crippen molar-refractivity contribution < 1.29 is 5.11 Å². The van der Waals surface area contributed by atoms with Gasteiger partial charge in [-0.2, -0.15) is 0 Å². The lowest BCUT2D eigenvalue weighted by Crippen LogP contribution is -2.44. The molecule has 0 heterocycles. The predicted octanol–water partition coefficient (Wildman–Crippen LogP) is 2.07. The highest BCUT2D eigenvalue weighted by Crippen LogP contribution is 2.48. The second kappa shape index (κ2) is 4.19. The molecule has 2 N–H and O–H groups in total. The van der Waals surface area contributed by atoms with Gasteiger partial charge in [0, 0.05) is 12.6 Å². The zero-order valence-electron chi connectivity index (χ0n) is 9.26. The molecule has 2 rings (SSSR count). The van der Waals surface area contributed by atoms with Gasteiger partial charge in [-0.15, -0.1) is 0 Å². The number of hydrogen-bond acceptors (Lipinski definition) is 2. The van der Waals surface area contributed by atoms with Gasteiger partial charge in [-0.05, 0) is 37.5 Å². The number of aliphatic hydroxyl groups excluding tert-OH is 1. The second-order valence-electron chi connectivity index (χ2n) is 5.19. The average molecular weight is 197 g/mol. The smallest absolute Gasteiger partial charge is 0.0693 e. The molecule has 0 aromatic heterocycles. The zero-order valence-corrected chi connectivity index (χ0v) is 9.26. The first-order valence-corrected chi connectivity index (χ1v) is 6.17. The molecule has 14 heavy (non-hydrogen) atoms. The van der Waals surface area contributed by atoms with Crippen LogP contribution in [0.3, 0.4) is 0 Å². The first-order chi connectivity index (χ1) is 6.76. The van der Waals surface area contributed by atoms with Crippen molar-refractivity contribution in [3.8, 4) is 0 Å². The topological polar surface area (TPSA) is 32.3 Å². The second-order valence-corrected chi connectivity index (χ2v) is 5.19. The highest BCUT2D eigenvalue weighted by atomic mass is 16.3. The molecule has 0 unspecified atom stereocenters. The largest absolute Gasteiger partial charge is 0.392 e. The molecule has 2 aliphatic rings. The fraction of sp³-hybridized carbons (Fsp3) is 1.00. The van der Waals surface area contributed by atoms with Crippen LogP contribution >= 0.6 is 0 Å². The standard InChI is InChI=1S/C12H23NO/c1-2-12(7-8-12)9-13-10-5-3-4-6-11(10)14/h10-11,13-14H,2-9H2,1H3/t10-,11-/m1/s1. The minimum atomic E-state index is -0.0867. The summed E-state index contributed by atoms with van der Waals surface area (Å²) in [5.74, 6) is 0. The van der Waals surface area contributed by atoms with Crippen molar-refractivity contribution in [1.29, 1.82) is 0 Å². The Kier molecular flexibility index (Phi) is 3.13. The van der Waals surface area contributed by atoms with E-state index in [9.17, 15) is 5.11 Å². The van der Waals surface area contributed by atoms with Gasteiger partial charge in [-0.1, -0.05) is 19.8 Å². The van der Waals surface area contributed by atoms with Crippen molar-refractivity contribution in [2.24, 2.45) is 5.41 Å². The van der Waals surface area contributed by atoms with E-state index in [1.54, 1.807) is 0 Å². The first kappa shape index (κ1) is 10.4. The molecule has 2 fully saturated rings. The van der Waals surface area contributed by atoms with E-state index < -0.39 is 0 Å². The highest BCUT2D eigenvalue weighted by molar-refractivity contribution is 4.95. The molecule has 2 aliphatic carbocycles. The monoisotopic (exact) mass is 197 g/mol. The van der Waals surface area contributed by atoms with Gasteiger partial charge in [0.15, 0.2) is 0 Å². The van der Waals surface area contributed by atoms with Crippen LogP contribution in [0.5, 0.6) is 0 Å². The summed E-state index contributed by atoms with van der Waals surface area (Å²) in [4.78, 5) is 0. The molecule has 2 nitrogen and oxygen atoms in total. The molecule has 0 bridgehead atoms. The summed E-state index contributed by atoms with van der Waals surface area (Å²) in [6.07, 6.45) is 8.64. The van der Waals surface area contributed by atoms with Gasteiger partial charge in [-0.25, -0.2) is 0 Å². The summed E-state index contributed by atoms with van der Waals surface area (Å²) in [5.41, 5.74) is 0.608. The molecule has 0 aromatic rings. The zero-order chi connectivity index (χ0) is 10.0. The summed E-state index contributed by atoms with van der Waals surface area (Å²) in [6.45, 7) is 3.41. The fourth-order valence-corrected chi connectivity index (χ4v) is 2.53. The predicted molar refractivity (Wildman–Crippen MR) is 58.2 cm³/mol. The summed E-state index contributed by atoms with van der Waals surface area (Å²) >= 11 is 0. The van der Waals surface area contributed by atoms with Gasteiger partial charge < -0.3 is 10.4 Å². The van der Waals surface area contributed by atoms with Crippen LogP contribution in [0.15, 0.2) is 0 Å². The van der Waals surface area contributed by atoms with Crippen LogP contribution in [0.4, 0.5) is 0 Å². The molecule has 0 aliphatic heterocycles. The minimum absolute atomic E-state index is 0.0867. The Hall–Kier alpha value is -0.0800. The Bertz CT molecular complexity index is 189. The normalized spacial score (nSPS) is 35.6. The Balaban J connectivity index is 1.73. The van der Waals surface area contributed by atoms with Crippen LogP contribution in [0.2, 0.25) is 0 Å². The molecule has 2 atom stereocenters. The van der Waals surface area contributed by atoms with Crippen LogP contribution in [0.1, 0.15) is 51.9 Å². The maximum atomic E-state index is 9.80. The molecule has 2 heteroatoms. The Morgan fingerprint density at radius 3 is 2.57 bits per heavy atom. The van der Waals surface area contributed by atoms with Gasteiger partial charge in [-0.3, -0.25) is 0 Å². The van der Waals surface area contributed by atoms with E-state index in [0.717, 1.165) is 13.0 Å². The van der Waals surface area contributed by atoms with Crippen molar-refractivity contribution >= 4 is 0 Å². The third kappa shape index (κ3) is 2.29. The summed E-state index contributed by atoms with van der Waals surface area (Å²) in [6, 6.07) is 0.382. The van der Waals surface area contributed by atoms with E-state index in [2.05, 4.69) is 12.2 Å². The third-order valence-corrected chi connectivity index (χ3v) is 4.18. The van der Waals surface area contributed by atoms with E-state index in [-0.39, 0.29) is 6.10 Å². The molecule has 0 aromatic carbocycles. The molecule has 0 spiro atoms. The van der Waals surface area contributed by atoms with Crippen molar-refractivity contribution in [1.82, 2.24) is 5.32 Å². The summed E-state index contributed by atoms with van der Waals surface area (Å²) in [5, 5.41) is 13.4. The molecular weight excluding hydrogens is 174 g/mol. The molecular formula is C12H23NO. The SMILES string of the molecule is CCC1(CN[C@@H]2CCCC[C@H]2O)CC1. The highest BCUT2D eigenvalue weighted by Gasteiger charge is 2.41. The molecule has 0 radical (unpaired) electrons. The van der Waals surface area contributed by atoms with Crippen LogP contribution < -0.4 is 5.32 Å². The lowest BCUT2D eigenvalue weighted by molar-refractivity contribution is 0.0879. The maximum Gasteiger partial charge on any atom is 0.0693 e. The van der Waals surface area contributed by atoms with E-state index in [0.29, 0.717) is 11.5 Å². The first-order valence-electron chi connectivity index (χ1n) is 6.17. The maximum absolute atomic E-state index is 9.80. The molecule has 2 saturated carbocycles. The molecule has 0 amide bonds. The average Bonchev–Trinajstić information content (AvgIpc) is 2.98. The lowest BCUT2D eigenvalue weighted by Gasteiger charge is -2.30.